The van der Waals surface area contributed by atoms with E-state index in [4.69, 9.17) is 0 Å². The van der Waals surface area contributed by atoms with Gasteiger partial charge in [0.15, 0.2) is 0 Å². The highest BCUT2D eigenvalue weighted by Gasteiger charge is 2.08. The maximum Gasteiger partial charge on any atom is 0.256 e. The molecular weight excluding hydrogens is 310 g/mol. The molecule has 1 aromatic heterocycles. The van der Waals surface area contributed by atoms with Gasteiger partial charge in [-0.25, -0.2) is 0 Å². The van der Waals surface area contributed by atoms with E-state index in [2.05, 4.69) is 36.8 Å². The van der Waals surface area contributed by atoms with E-state index in [1.54, 1.807) is 0 Å². The van der Waals surface area contributed by atoms with E-state index < -0.39 is 0 Å². The SMILES string of the molecule is Cc1[nH]c(=O)c2cccc(Br)c2c1Br. The summed E-state index contributed by atoms with van der Waals surface area (Å²) < 4.78 is 1.86. The van der Waals surface area contributed by atoms with Crippen molar-refractivity contribution in [3.63, 3.8) is 0 Å². The molecule has 1 N–H and O–H groups in total. The summed E-state index contributed by atoms with van der Waals surface area (Å²) in [4.78, 5) is 14.4. The zero-order valence-electron chi connectivity index (χ0n) is 7.40. The topological polar surface area (TPSA) is 32.9 Å². The Kier molecular flexibility index (Phi) is 2.49. The molecule has 0 saturated carbocycles. The number of hydrogen-bond acceptors (Lipinski definition) is 1. The number of aryl methyl sites for hydroxylation is 1. The Hall–Kier alpha value is -0.610. The molecule has 2 rings (SSSR count). The second-order valence-electron chi connectivity index (χ2n) is 3.06. The first-order valence-electron chi connectivity index (χ1n) is 4.08. The van der Waals surface area contributed by atoms with Gasteiger partial charge in [-0.1, -0.05) is 22.0 Å². The first kappa shape index (κ1) is 9.93. The van der Waals surface area contributed by atoms with Crippen LogP contribution in [0.15, 0.2) is 31.9 Å². The van der Waals surface area contributed by atoms with E-state index in [0.717, 1.165) is 20.0 Å². The van der Waals surface area contributed by atoms with Crippen molar-refractivity contribution >= 4 is 42.6 Å². The van der Waals surface area contributed by atoms with Gasteiger partial charge in [0, 0.05) is 25.4 Å². The number of aromatic nitrogens is 1. The molecule has 0 aliphatic carbocycles. The second kappa shape index (κ2) is 3.51. The summed E-state index contributed by atoms with van der Waals surface area (Å²) in [7, 11) is 0. The number of rotatable bonds is 0. The summed E-state index contributed by atoms with van der Waals surface area (Å²) in [5, 5.41) is 1.62. The molecule has 0 bridgehead atoms. The van der Waals surface area contributed by atoms with Gasteiger partial charge < -0.3 is 4.98 Å². The highest BCUT2D eigenvalue weighted by molar-refractivity contribution is 9.11. The number of hydrogen-bond donors (Lipinski definition) is 1. The van der Waals surface area contributed by atoms with Gasteiger partial charge in [-0.2, -0.15) is 0 Å². The molecule has 0 saturated heterocycles. The van der Waals surface area contributed by atoms with E-state index in [1.807, 2.05) is 25.1 Å². The van der Waals surface area contributed by atoms with Crippen LogP contribution in [0.3, 0.4) is 0 Å². The van der Waals surface area contributed by atoms with Crippen molar-refractivity contribution in [1.29, 1.82) is 0 Å². The predicted octanol–water partition coefficient (Wildman–Crippen LogP) is 3.36. The van der Waals surface area contributed by atoms with Crippen molar-refractivity contribution < 1.29 is 0 Å². The second-order valence-corrected chi connectivity index (χ2v) is 4.70. The summed E-state index contributed by atoms with van der Waals surface area (Å²) >= 11 is 6.90. The first-order chi connectivity index (χ1) is 6.61. The maximum absolute atomic E-state index is 11.6. The Bertz CT molecular complexity index is 560. The zero-order chi connectivity index (χ0) is 10.3. The number of aromatic amines is 1. The minimum Gasteiger partial charge on any atom is -0.325 e. The number of pyridine rings is 1. The number of H-pyrrole nitrogens is 1. The highest BCUT2D eigenvalue weighted by Crippen LogP contribution is 2.29. The van der Waals surface area contributed by atoms with Crippen LogP contribution < -0.4 is 5.56 Å². The predicted molar refractivity (Wildman–Crippen MR) is 64.7 cm³/mol. The van der Waals surface area contributed by atoms with Gasteiger partial charge in [-0.3, -0.25) is 4.79 Å². The largest absolute Gasteiger partial charge is 0.325 e. The van der Waals surface area contributed by atoms with Crippen LogP contribution in [0.25, 0.3) is 10.8 Å². The lowest BCUT2D eigenvalue weighted by Crippen LogP contribution is -2.08. The Labute approximate surface area is 97.6 Å². The van der Waals surface area contributed by atoms with E-state index in [1.165, 1.54) is 0 Å². The van der Waals surface area contributed by atoms with E-state index in [-0.39, 0.29) is 5.56 Å². The Morgan fingerprint density at radius 2 is 2.00 bits per heavy atom. The molecule has 0 aliphatic heterocycles. The van der Waals surface area contributed by atoms with Crippen molar-refractivity contribution in [1.82, 2.24) is 4.98 Å². The normalized spacial score (nSPS) is 10.8. The fourth-order valence-corrected chi connectivity index (χ4v) is 2.77. The minimum atomic E-state index is -0.0537. The third-order valence-electron chi connectivity index (χ3n) is 2.11. The molecule has 0 radical (unpaired) electrons. The average molecular weight is 317 g/mol. The van der Waals surface area contributed by atoms with Crippen molar-refractivity contribution in [3.05, 3.63) is 43.2 Å². The van der Waals surface area contributed by atoms with Crippen LogP contribution >= 0.6 is 31.9 Å². The molecule has 14 heavy (non-hydrogen) atoms. The zero-order valence-corrected chi connectivity index (χ0v) is 10.6. The summed E-state index contributed by atoms with van der Waals surface area (Å²) in [6.45, 7) is 1.87. The Morgan fingerprint density at radius 3 is 2.71 bits per heavy atom. The number of fused-ring (bicyclic) bond motifs is 1. The highest BCUT2D eigenvalue weighted by atomic mass is 79.9. The fraction of sp³-hybridized carbons (Fsp3) is 0.100. The molecule has 4 heteroatoms. The molecule has 0 unspecified atom stereocenters. The average Bonchev–Trinajstić information content (AvgIpc) is 2.14. The molecule has 2 aromatic rings. The monoisotopic (exact) mass is 315 g/mol. The van der Waals surface area contributed by atoms with Crippen molar-refractivity contribution in [2.75, 3.05) is 0 Å². The number of benzene rings is 1. The Morgan fingerprint density at radius 1 is 1.29 bits per heavy atom. The quantitative estimate of drug-likeness (QED) is 0.794. The molecule has 2 nitrogen and oxygen atoms in total. The van der Waals surface area contributed by atoms with Crippen molar-refractivity contribution in [2.45, 2.75) is 6.92 Å². The lowest BCUT2D eigenvalue weighted by atomic mass is 10.1. The molecule has 0 aliphatic rings. The molecule has 0 amide bonds. The molecule has 72 valence electrons. The van der Waals surface area contributed by atoms with E-state index in [0.29, 0.717) is 5.39 Å². The smallest absolute Gasteiger partial charge is 0.256 e. The van der Waals surface area contributed by atoms with Crippen LogP contribution in [0.1, 0.15) is 5.69 Å². The van der Waals surface area contributed by atoms with E-state index in [9.17, 15) is 4.79 Å². The first-order valence-corrected chi connectivity index (χ1v) is 5.66. The molecule has 0 atom stereocenters. The number of nitrogens with one attached hydrogen (secondary N) is 1. The van der Waals surface area contributed by atoms with Crippen LogP contribution in [0.5, 0.6) is 0 Å². The molecule has 0 fully saturated rings. The van der Waals surface area contributed by atoms with Crippen LogP contribution in [0, 0.1) is 6.92 Å². The molecule has 1 aromatic carbocycles. The minimum absolute atomic E-state index is 0.0537. The van der Waals surface area contributed by atoms with Crippen molar-refractivity contribution in [3.8, 4) is 0 Å². The van der Waals surface area contributed by atoms with Gasteiger partial charge >= 0.3 is 0 Å². The van der Waals surface area contributed by atoms with Crippen LogP contribution in [0.2, 0.25) is 0 Å². The van der Waals surface area contributed by atoms with Gasteiger partial charge in [-0.15, -0.1) is 0 Å². The summed E-state index contributed by atoms with van der Waals surface area (Å²) in [6, 6.07) is 5.58. The maximum atomic E-state index is 11.6. The standard InChI is InChI=1S/C10H7Br2NO/c1-5-9(12)8-6(10(14)13-5)3-2-4-7(8)11/h2-4H,1H3,(H,13,14). The van der Waals surface area contributed by atoms with Gasteiger partial charge in [0.2, 0.25) is 0 Å². The fourth-order valence-electron chi connectivity index (χ4n) is 1.42. The van der Waals surface area contributed by atoms with Crippen molar-refractivity contribution in [2.24, 2.45) is 0 Å². The third kappa shape index (κ3) is 1.42. The summed E-state index contributed by atoms with van der Waals surface area (Å²) in [5.41, 5.74) is 0.788. The summed E-state index contributed by atoms with van der Waals surface area (Å²) in [6.07, 6.45) is 0. The molecular formula is C10H7Br2NO. The third-order valence-corrected chi connectivity index (χ3v) is 3.76. The lowest BCUT2D eigenvalue weighted by molar-refractivity contribution is 1.15. The van der Waals surface area contributed by atoms with Gasteiger partial charge in [0.05, 0.1) is 0 Å². The van der Waals surface area contributed by atoms with Crippen LogP contribution in [-0.4, -0.2) is 4.98 Å². The van der Waals surface area contributed by atoms with Crippen LogP contribution in [-0.2, 0) is 0 Å². The lowest BCUT2D eigenvalue weighted by Gasteiger charge is -2.05. The Balaban J connectivity index is 3.11. The van der Waals surface area contributed by atoms with Gasteiger partial charge in [0.1, 0.15) is 0 Å². The molecule has 1 heterocycles. The number of halogens is 2. The van der Waals surface area contributed by atoms with Crippen LogP contribution in [0.4, 0.5) is 0 Å². The van der Waals surface area contributed by atoms with Gasteiger partial charge in [0.25, 0.3) is 5.56 Å². The molecule has 0 spiro atoms. The summed E-state index contributed by atoms with van der Waals surface area (Å²) in [5.74, 6) is 0. The van der Waals surface area contributed by atoms with E-state index >= 15 is 0 Å². The van der Waals surface area contributed by atoms with Gasteiger partial charge in [-0.05, 0) is 35.0 Å².